The third-order valence-corrected chi connectivity index (χ3v) is 8.57. The van der Waals surface area contributed by atoms with E-state index in [2.05, 4.69) is 10.3 Å². The summed E-state index contributed by atoms with van der Waals surface area (Å²) in [5, 5.41) is 8.43. The van der Waals surface area contributed by atoms with Crippen molar-refractivity contribution in [3.8, 4) is 33.5 Å². The molecule has 3 aromatic carbocycles. The van der Waals surface area contributed by atoms with E-state index in [0.717, 1.165) is 33.2 Å². The number of hydrogen-bond donors (Lipinski definition) is 1. The lowest BCUT2D eigenvalue weighted by Gasteiger charge is -2.23. The van der Waals surface area contributed by atoms with Gasteiger partial charge < -0.3 is 10.1 Å². The number of carbonyl (C=O) groups is 2. The average Bonchev–Trinajstić information content (AvgIpc) is 3.79. The summed E-state index contributed by atoms with van der Waals surface area (Å²) in [5.74, 6) is -0.991. The molecule has 6 aromatic rings. The number of carbonyl (C=O) groups excluding carboxylic acids is 2. The van der Waals surface area contributed by atoms with Gasteiger partial charge in [-0.1, -0.05) is 42.5 Å². The Bertz CT molecular complexity index is 2090. The van der Waals surface area contributed by atoms with Gasteiger partial charge in [-0.3, -0.25) is 19.4 Å². The molecule has 11 heteroatoms. The van der Waals surface area contributed by atoms with Gasteiger partial charge in [-0.05, 0) is 78.1 Å². The largest absolute Gasteiger partial charge is 0.445 e. The van der Waals surface area contributed by atoms with Crippen molar-refractivity contribution in [1.82, 2.24) is 30.0 Å². The number of pyridine rings is 2. The van der Waals surface area contributed by atoms with E-state index in [9.17, 15) is 18.4 Å². The van der Waals surface area contributed by atoms with Crippen LogP contribution in [-0.4, -0.2) is 55.8 Å². The van der Waals surface area contributed by atoms with Crippen molar-refractivity contribution in [3.05, 3.63) is 127 Å². The summed E-state index contributed by atoms with van der Waals surface area (Å²) >= 11 is 0. The zero-order chi connectivity index (χ0) is 33.7. The number of halogens is 2. The number of nitrogens with one attached hydrogen (secondary N) is 1. The predicted molar refractivity (Wildman–Crippen MR) is 181 cm³/mol. The van der Waals surface area contributed by atoms with Gasteiger partial charge in [-0.2, -0.15) is 5.10 Å². The third kappa shape index (κ3) is 6.87. The number of amides is 2. The molecular formula is C38H32F2N6O3. The minimum Gasteiger partial charge on any atom is -0.445 e. The Morgan fingerprint density at radius 3 is 2.22 bits per heavy atom. The van der Waals surface area contributed by atoms with Crippen LogP contribution in [0.4, 0.5) is 13.6 Å². The highest BCUT2D eigenvalue weighted by atomic mass is 19.1. The maximum Gasteiger partial charge on any atom is 0.410 e. The average molecular weight is 659 g/mol. The molecule has 1 aliphatic heterocycles. The normalized spacial score (nSPS) is 14.2. The lowest BCUT2D eigenvalue weighted by Crippen LogP contribution is -2.46. The first kappa shape index (κ1) is 31.6. The first-order valence-corrected chi connectivity index (χ1v) is 16.0. The van der Waals surface area contributed by atoms with E-state index >= 15 is 0 Å². The summed E-state index contributed by atoms with van der Waals surface area (Å²) < 4.78 is 35.2. The summed E-state index contributed by atoms with van der Waals surface area (Å²) in [5.41, 5.74) is 5.69. The fraction of sp³-hybridized carbons (Fsp3) is 0.184. The molecule has 1 aliphatic rings. The van der Waals surface area contributed by atoms with Gasteiger partial charge in [0.05, 0.1) is 12.2 Å². The molecular weight excluding hydrogens is 626 g/mol. The molecule has 0 saturated carbocycles. The molecule has 0 spiro atoms. The highest BCUT2D eigenvalue weighted by Crippen LogP contribution is 2.43. The van der Waals surface area contributed by atoms with Gasteiger partial charge >= 0.3 is 6.09 Å². The maximum atomic E-state index is 14.1. The fourth-order valence-corrected chi connectivity index (χ4v) is 6.20. The van der Waals surface area contributed by atoms with Crippen molar-refractivity contribution >= 4 is 23.0 Å². The van der Waals surface area contributed by atoms with Crippen LogP contribution in [-0.2, 0) is 22.7 Å². The number of fused-ring (bicyclic) bond motifs is 1. The molecule has 0 aliphatic carbocycles. The van der Waals surface area contributed by atoms with Crippen molar-refractivity contribution in [2.75, 3.05) is 13.1 Å². The highest BCUT2D eigenvalue weighted by molar-refractivity contribution is 6.05. The van der Waals surface area contributed by atoms with E-state index in [-0.39, 0.29) is 30.7 Å². The van der Waals surface area contributed by atoms with Crippen molar-refractivity contribution < 1.29 is 23.1 Å². The molecule has 1 N–H and O–H groups in total. The molecule has 4 heterocycles. The number of rotatable bonds is 9. The van der Waals surface area contributed by atoms with Crippen LogP contribution in [0, 0.1) is 11.6 Å². The molecule has 0 bridgehead atoms. The molecule has 1 unspecified atom stereocenters. The Balaban J connectivity index is 1.16. The van der Waals surface area contributed by atoms with E-state index in [1.54, 1.807) is 41.3 Å². The third-order valence-electron chi connectivity index (χ3n) is 8.57. The second-order valence-corrected chi connectivity index (χ2v) is 11.8. The van der Waals surface area contributed by atoms with Gasteiger partial charge in [0.2, 0.25) is 5.91 Å². The molecule has 7 rings (SSSR count). The molecule has 3 aromatic heterocycles. The van der Waals surface area contributed by atoms with Gasteiger partial charge in [0.25, 0.3) is 0 Å². The maximum absolute atomic E-state index is 14.1. The highest BCUT2D eigenvalue weighted by Gasteiger charge is 2.35. The first-order chi connectivity index (χ1) is 23.9. The zero-order valence-electron chi connectivity index (χ0n) is 26.4. The van der Waals surface area contributed by atoms with Crippen LogP contribution >= 0.6 is 0 Å². The van der Waals surface area contributed by atoms with Gasteiger partial charge in [0, 0.05) is 53.8 Å². The van der Waals surface area contributed by atoms with E-state index in [4.69, 9.17) is 14.8 Å². The van der Waals surface area contributed by atoms with E-state index in [0.29, 0.717) is 42.8 Å². The van der Waals surface area contributed by atoms with Crippen LogP contribution in [0.15, 0.2) is 110 Å². The first-order valence-electron chi connectivity index (χ1n) is 16.0. The predicted octanol–water partition coefficient (Wildman–Crippen LogP) is 7.02. The second kappa shape index (κ2) is 14.0. The van der Waals surface area contributed by atoms with Gasteiger partial charge in [0.1, 0.15) is 24.3 Å². The Morgan fingerprint density at radius 1 is 0.837 bits per heavy atom. The molecule has 9 nitrogen and oxygen atoms in total. The minimum absolute atomic E-state index is 0.136. The van der Waals surface area contributed by atoms with Crippen LogP contribution in [0.1, 0.15) is 18.4 Å². The van der Waals surface area contributed by atoms with Crippen molar-refractivity contribution in [2.24, 2.45) is 0 Å². The smallest absolute Gasteiger partial charge is 0.410 e. The minimum atomic E-state index is -0.618. The summed E-state index contributed by atoms with van der Waals surface area (Å²) in [6.07, 6.45) is 5.96. The summed E-state index contributed by atoms with van der Waals surface area (Å²) in [6.45, 7) is 1.16. The quantitative estimate of drug-likeness (QED) is 0.179. The van der Waals surface area contributed by atoms with Crippen LogP contribution in [0.5, 0.6) is 0 Å². The SMILES string of the molecule is O=C(NCCn1cc2c(-c3ccc(F)cc3)c(-c3ccncc3)c(-c3ccc(F)cc3)nc2n1)C1CCCN1C(=O)OCc1ccccc1. The van der Waals surface area contributed by atoms with Crippen LogP contribution in [0.2, 0.25) is 0 Å². The lowest BCUT2D eigenvalue weighted by atomic mass is 9.90. The molecule has 1 fully saturated rings. The molecule has 1 atom stereocenters. The Labute approximate surface area is 281 Å². The summed E-state index contributed by atoms with van der Waals surface area (Å²) in [7, 11) is 0. The molecule has 2 amide bonds. The Hall–Kier alpha value is -5.97. The summed E-state index contributed by atoms with van der Waals surface area (Å²) in [6, 6.07) is 24.8. The number of nitrogens with zero attached hydrogens (tertiary/aromatic N) is 5. The van der Waals surface area contributed by atoms with Gasteiger partial charge in [-0.25, -0.2) is 18.6 Å². The second-order valence-electron chi connectivity index (χ2n) is 11.8. The van der Waals surface area contributed by atoms with Gasteiger partial charge in [-0.15, -0.1) is 0 Å². The monoisotopic (exact) mass is 658 g/mol. The van der Waals surface area contributed by atoms with E-state index < -0.39 is 12.1 Å². The number of hydrogen-bond acceptors (Lipinski definition) is 6. The summed E-state index contributed by atoms with van der Waals surface area (Å²) in [4.78, 5) is 36.7. The molecule has 49 heavy (non-hydrogen) atoms. The number of likely N-dealkylation sites (tertiary alicyclic amines) is 1. The van der Waals surface area contributed by atoms with E-state index in [1.165, 1.54) is 29.2 Å². The topological polar surface area (TPSA) is 102 Å². The van der Waals surface area contributed by atoms with Gasteiger partial charge in [0.15, 0.2) is 5.65 Å². The fourth-order valence-electron chi connectivity index (χ4n) is 6.20. The van der Waals surface area contributed by atoms with Crippen LogP contribution in [0.3, 0.4) is 0 Å². The number of aromatic nitrogens is 4. The van der Waals surface area contributed by atoms with Crippen LogP contribution in [0.25, 0.3) is 44.5 Å². The molecule has 0 radical (unpaired) electrons. The molecule has 246 valence electrons. The zero-order valence-corrected chi connectivity index (χ0v) is 26.4. The Morgan fingerprint density at radius 2 is 1.51 bits per heavy atom. The molecule has 1 saturated heterocycles. The van der Waals surface area contributed by atoms with Crippen molar-refractivity contribution in [3.63, 3.8) is 0 Å². The van der Waals surface area contributed by atoms with Crippen LogP contribution < -0.4 is 5.32 Å². The lowest BCUT2D eigenvalue weighted by molar-refractivity contribution is -0.125. The van der Waals surface area contributed by atoms with E-state index in [1.807, 2.05) is 48.7 Å². The number of ether oxygens (including phenoxy) is 1. The number of benzene rings is 3. The standard InChI is InChI=1S/C38H32F2N6O3/c39-29-12-8-26(9-13-29)33-31-23-45(22-20-42-37(47)32-7-4-21-46(32)38(48)49-24-25-5-2-1-3-6-25)44-36(31)43-35(28-10-14-30(40)15-11-28)34(33)27-16-18-41-19-17-27/h1-3,5-6,8-19,23,32H,4,7,20-22,24H2,(H,42,47). The van der Waals surface area contributed by atoms with Crippen molar-refractivity contribution in [2.45, 2.75) is 32.0 Å². The van der Waals surface area contributed by atoms with Crippen molar-refractivity contribution in [1.29, 1.82) is 0 Å². The Kier molecular flexibility index (Phi) is 9.05.